The van der Waals surface area contributed by atoms with Crippen LogP contribution in [0.25, 0.3) is 11.3 Å². The minimum absolute atomic E-state index is 0.671. The highest BCUT2D eigenvalue weighted by Gasteiger charge is 2.13. The second kappa shape index (κ2) is 3.59. The molecule has 3 nitrogen and oxygen atoms in total. The van der Waals surface area contributed by atoms with Crippen LogP contribution < -0.4 is 5.73 Å². The molecule has 0 saturated carbocycles. The quantitative estimate of drug-likeness (QED) is 0.805. The number of halogens is 1. The van der Waals surface area contributed by atoms with Crippen LogP contribution in [-0.2, 0) is 7.05 Å². The molecule has 0 amide bonds. The zero-order chi connectivity index (χ0) is 11.0. The van der Waals surface area contributed by atoms with E-state index in [0.717, 1.165) is 16.8 Å². The molecule has 0 bridgehead atoms. The second-order valence-corrected chi connectivity index (χ2v) is 3.87. The summed E-state index contributed by atoms with van der Waals surface area (Å²) in [4.78, 5) is 0. The first kappa shape index (κ1) is 10.1. The highest BCUT2D eigenvalue weighted by molar-refractivity contribution is 6.33. The van der Waals surface area contributed by atoms with Gasteiger partial charge in [0.2, 0.25) is 0 Å². The first-order valence-electron chi connectivity index (χ1n) is 4.65. The van der Waals surface area contributed by atoms with Gasteiger partial charge in [0.05, 0.1) is 10.7 Å². The Kier molecular flexibility index (Phi) is 2.40. The van der Waals surface area contributed by atoms with Crippen molar-refractivity contribution in [2.24, 2.45) is 7.05 Å². The van der Waals surface area contributed by atoms with Gasteiger partial charge in [-0.3, -0.25) is 4.68 Å². The molecule has 2 aromatic rings. The van der Waals surface area contributed by atoms with Crippen molar-refractivity contribution >= 4 is 17.4 Å². The van der Waals surface area contributed by atoms with Gasteiger partial charge in [-0.05, 0) is 13.0 Å². The average molecular weight is 222 g/mol. The number of hydrogen-bond donors (Lipinski definition) is 1. The number of anilines is 1. The first-order chi connectivity index (χ1) is 7.11. The van der Waals surface area contributed by atoms with E-state index in [0.29, 0.717) is 10.8 Å². The van der Waals surface area contributed by atoms with Crippen molar-refractivity contribution in [1.29, 1.82) is 0 Å². The third-order valence-corrected chi connectivity index (χ3v) is 2.80. The van der Waals surface area contributed by atoms with E-state index in [4.69, 9.17) is 17.3 Å². The van der Waals surface area contributed by atoms with Gasteiger partial charge in [0.1, 0.15) is 5.82 Å². The number of nitrogen functional groups attached to an aromatic ring is 1. The van der Waals surface area contributed by atoms with E-state index in [9.17, 15) is 0 Å². The molecule has 2 N–H and O–H groups in total. The Balaban J connectivity index is 2.65. The zero-order valence-electron chi connectivity index (χ0n) is 8.66. The minimum atomic E-state index is 0.671. The van der Waals surface area contributed by atoms with Crippen molar-refractivity contribution in [3.63, 3.8) is 0 Å². The SMILES string of the molecule is Cc1c(-c2ccccc2Cl)nn(C)c1N. The van der Waals surface area contributed by atoms with E-state index in [1.54, 1.807) is 4.68 Å². The fourth-order valence-corrected chi connectivity index (χ4v) is 1.78. The van der Waals surface area contributed by atoms with Gasteiger partial charge in [-0.15, -0.1) is 0 Å². The van der Waals surface area contributed by atoms with Gasteiger partial charge < -0.3 is 5.73 Å². The molecule has 0 atom stereocenters. The summed E-state index contributed by atoms with van der Waals surface area (Å²) >= 11 is 6.10. The molecule has 4 heteroatoms. The predicted octanol–water partition coefficient (Wildman–Crippen LogP) is 2.63. The number of benzene rings is 1. The molecule has 0 fully saturated rings. The maximum Gasteiger partial charge on any atom is 0.124 e. The molecule has 1 aromatic carbocycles. The molecule has 0 spiro atoms. The molecule has 0 aliphatic rings. The third kappa shape index (κ3) is 1.59. The molecule has 2 rings (SSSR count). The van der Waals surface area contributed by atoms with Gasteiger partial charge in [-0.1, -0.05) is 29.8 Å². The van der Waals surface area contributed by atoms with Crippen molar-refractivity contribution in [3.8, 4) is 11.3 Å². The van der Waals surface area contributed by atoms with Gasteiger partial charge in [0.15, 0.2) is 0 Å². The molecule has 0 aliphatic carbocycles. The fourth-order valence-electron chi connectivity index (χ4n) is 1.55. The molecular formula is C11H12ClN3. The molecule has 0 unspecified atom stereocenters. The van der Waals surface area contributed by atoms with Gasteiger partial charge >= 0.3 is 0 Å². The molecule has 1 heterocycles. The van der Waals surface area contributed by atoms with Gasteiger partial charge in [0, 0.05) is 18.2 Å². The van der Waals surface area contributed by atoms with Crippen LogP contribution in [0, 0.1) is 6.92 Å². The van der Waals surface area contributed by atoms with E-state index in [2.05, 4.69) is 5.10 Å². The minimum Gasteiger partial charge on any atom is -0.384 e. The van der Waals surface area contributed by atoms with Crippen LogP contribution in [0.3, 0.4) is 0 Å². The van der Waals surface area contributed by atoms with E-state index >= 15 is 0 Å². The summed E-state index contributed by atoms with van der Waals surface area (Å²) in [5.74, 6) is 0.671. The lowest BCUT2D eigenvalue weighted by atomic mass is 10.1. The summed E-state index contributed by atoms with van der Waals surface area (Å²) in [5.41, 5.74) is 8.58. The number of aryl methyl sites for hydroxylation is 1. The molecule has 1 aromatic heterocycles. The van der Waals surface area contributed by atoms with Crippen LogP contribution in [0.5, 0.6) is 0 Å². The number of aromatic nitrogens is 2. The smallest absolute Gasteiger partial charge is 0.124 e. The van der Waals surface area contributed by atoms with Gasteiger partial charge in [-0.25, -0.2) is 0 Å². The maximum atomic E-state index is 6.10. The van der Waals surface area contributed by atoms with Crippen molar-refractivity contribution in [3.05, 3.63) is 34.9 Å². The molecule has 15 heavy (non-hydrogen) atoms. The molecular weight excluding hydrogens is 210 g/mol. The average Bonchev–Trinajstić information content (AvgIpc) is 2.47. The Morgan fingerprint density at radius 1 is 1.33 bits per heavy atom. The predicted molar refractivity (Wildman–Crippen MR) is 62.8 cm³/mol. The molecule has 0 saturated heterocycles. The Labute approximate surface area is 93.5 Å². The second-order valence-electron chi connectivity index (χ2n) is 3.46. The summed E-state index contributed by atoms with van der Waals surface area (Å²) in [6.45, 7) is 1.95. The maximum absolute atomic E-state index is 6.10. The lowest BCUT2D eigenvalue weighted by molar-refractivity contribution is 0.782. The summed E-state index contributed by atoms with van der Waals surface area (Å²) in [6, 6.07) is 7.62. The molecule has 78 valence electrons. The number of nitrogens with zero attached hydrogens (tertiary/aromatic N) is 2. The van der Waals surface area contributed by atoms with Crippen LogP contribution in [0.2, 0.25) is 5.02 Å². The third-order valence-electron chi connectivity index (χ3n) is 2.47. The monoisotopic (exact) mass is 221 g/mol. The number of nitrogens with two attached hydrogens (primary N) is 1. The highest BCUT2D eigenvalue weighted by Crippen LogP contribution is 2.30. The zero-order valence-corrected chi connectivity index (χ0v) is 9.42. The summed E-state index contributed by atoms with van der Waals surface area (Å²) in [6.07, 6.45) is 0. The van der Waals surface area contributed by atoms with Crippen molar-refractivity contribution in [1.82, 2.24) is 9.78 Å². The van der Waals surface area contributed by atoms with Crippen LogP contribution in [0.4, 0.5) is 5.82 Å². The normalized spacial score (nSPS) is 10.6. The van der Waals surface area contributed by atoms with E-state index in [1.807, 2.05) is 38.2 Å². The summed E-state index contributed by atoms with van der Waals surface area (Å²) < 4.78 is 1.66. The number of rotatable bonds is 1. The van der Waals surface area contributed by atoms with Gasteiger partial charge in [0.25, 0.3) is 0 Å². The van der Waals surface area contributed by atoms with E-state index in [-0.39, 0.29) is 0 Å². The van der Waals surface area contributed by atoms with Crippen LogP contribution in [0.1, 0.15) is 5.56 Å². The van der Waals surface area contributed by atoms with E-state index in [1.165, 1.54) is 0 Å². The first-order valence-corrected chi connectivity index (χ1v) is 5.03. The van der Waals surface area contributed by atoms with Crippen molar-refractivity contribution in [2.45, 2.75) is 6.92 Å². The van der Waals surface area contributed by atoms with Crippen LogP contribution in [0.15, 0.2) is 24.3 Å². The standard InChI is InChI=1S/C11H12ClN3/c1-7-10(14-15(2)11(7)13)8-5-3-4-6-9(8)12/h3-6H,13H2,1-2H3. The Bertz CT molecular complexity index is 503. The largest absolute Gasteiger partial charge is 0.384 e. The van der Waals surface area contributed by atoms with Crippen LogP contribution in [-0.4, -0.2) is 9.78 Å². The van der Waals surface area contributed by atoms with Gasteiger partial charge in [-0.2, -0.15) is 5.10 Å². The Hall–Kier alpha value is -1.48. The molecule has 0 aliphatic heterocycles. The van der Waals surface area contributed by atoms with Crippen molar-refractivity contribution < 1.29 is 0 Å². The highest BCUT2D eigenvalue weighted by atomic mass is 35.5. The van der Waals surface area contributed by atoms with E-state index < -0.39 is 0 Å². The summed E-state index contributed by atoms with van der Waals surface area (Å²) in [7, 11) is 1.82. The topological polar surface area (TPSA) is 43.8 Å². The Morgan fingerprint density at radius 2 is 2.00 bits per heavy atom. The fraction of sp³-hybridized carbons (Fsp3) is 0.182. The lowest BCUT2D eigenvalue weighted by Crippen LogP contribution is -1.97. The summed E-state index contributed by atoms with van der Waals surface area (Å²) in [5, 5.41) is 5.04. The van der Waals surface area contributed by atoms with Crippen LogP contribution >= 0.6 is 11.6 Å². The number of hydrogen-bond acceptors (Lipinski definition) is 2. The molecule has 0 radical (unpaired) electrons. The van der Waals surface area contributed by atoms with Crippen molar-refractivity contribution in [2.75, 3.05) is 5.73 Å². The Morgan fingerprint density at radius 3 is 2.53 bits per heavy atom. The lowest BCUT2D eigenvalue weighted by Gasteiger charge is -2.00.